The Kier molecular flexibility index (Phi) is 5.76. The Morgan fingerprint density at radius 1 is 1.25 bits per heavy atom. The van der Waals surface area contributed by atoms with Crippen LogP contribution < -0.4 is 10.2 Å². The molecular formula is C15H26N4O. The fraction of sp³-hybridized carbons (Fsp3) is 0.667. The normalized spacial score (nSPS) is 18.5. The highest BCUT2D eigenvalue weighted by atomic mass is 16.3. The molecule has 2 heterocycles. The second kappa shape index (κ2) is 7.57. The van der Waals surface area contributed by atoms with Gasteiger partial charge in [0.15, 0.2) is 0 Å². The van der Waals surface area contributed by atoms with Crippen molar-refractivity contribution in [2.45, 2.75) is 26.0 Å². The molecule has 5 nitrogen and oxygen atoms in total. The highest BCUT2D eigenvalue weighted by Gasteiger charge is 2.19. The molecule has 0 saturated carbocycles. The molecule has 1 aromatic heterocycles. The predicted octanol–water partition coefficient (Wildman–Crippen LogP) is 0.562. The lowest BCUT2D eigenvalue weighted by Crippen LogP contribution is -2.50. The van der Waals surface area contributed by atoms with Crippen LogP contribution in [-0.4, -0.2) is 66.4 Å². The maximum atomic E-state index is 10.0. The van der Waals surface area contributed by atoms with Crippen LogP contribution in [0.15, 0.2) is 24.4 Å². The third-order valence-corrected chi connectivity index (χ3v) is 3.58. The number of anilines is 1. The average molecular weight is 278 g/mol. The van der Waals surface area contributed by atoms with Crippen LogP contribution in [-0.2, 0) is 0 Å². The van der Waals surface area contributed by atoms with Crippen molar-refractivity contribution in [3.63, 3.8) is 0 Å². The first-order valence-electron chi connectivity index (χ1n) is 7.45. The summed E-state index contributed by atoms with van der Waals surface area (Å²) in [5.41, 5.74) is 0. The Labute approximate surface area is 121 Å². The Morgan fingerprint density at radius 3 is 2.60 bits per heavy atom. The van der Waals surface area contributed by atoms with Crippen LogP contribution in [0, 0.1) is 0 Å². The Bertz CT molecular complexity index is 377. The van der Waals surface area contributed by atoms with Gasteiger partial charge in [0.1, 0.15) is 5.82 Å². The molecule has 5 heteroatoms. The van der Waals surface area contributed by atoms with Crippen molar-refractivity contribution in [2.75, 3.05) is 44.2 Å². The monoisotopic (exact) mass is 278 g/mol. The molecule has 1 atom stereocenters. The molecule has 1 unspecified atom stereocenters. The second-order valence-electron chi connectivity index (χ2n) is 5.69. The summed E-state index contributed by atoms with van der Waals surface area (Å²) in [4.78, 5) is 9.01. The fourth-order valence-corrected chi connectivity index (χ4v) is 2.43. The number of β-amino-alcohol motifs (C(OH)–C–C–N with tert-alkyl or cyclic N) is 1. The van der Waals surface area contributed by atoms with E-state index in [1.165, 1.54) is 0 Å². The van der Waals surface area contributed by atoms with Crippen molar-refractivity contribution < 1.29 is 5.11 Å². The van der Waals surface area contributed by atoms with Crippen molar-refractivity contribution in [2.24, 2.45) is 0 Å². The number of hydrogen-bond acceptors (Lipinski definition) is 5. The number of piperazine rings is 1. The van der Waals surface area contributed by atoms with Crippen LogP contribution in [0.3, 0.4) is 0 Å². The van der Waals surface area contributed by atoms with E-state index in [4.69, 9.17) is 0 Å². The first-order chi connectivity index (χ1) is 9.65. The van der Waals surface area contributed by atoms with Crippen LogP contribution in [0.4, 0.5) is 5.82 Å². The lowest BCUT2D eigenvalue weighted by molar-refractivity contribution is 0.106. The minimum atomic E-state index is -0.293. The fourth-order valence-electron chi connectivity index (χ4n) is 2.43. The summed E-state index contributed by atoms with van der Waals surface area (Å²) in [7, 11) is 0. The topological polar surface area (TPSA) is 51.6 Å². The Hall–Kier alpha value is -1.17. The Morgan fingerprint density at radius 2 is 2.00 bits per heavy atom. The number of aliphatic hydroxyl groups is 1. The van der Waals surface area contributed by atoms with Gasteiger partial charge in [0, 0.05) is 51.5 Å². The van der Waals surface area contributed by atoms with Crippen LogP contribution in [0.1, 0.15) is 13.8 Å². The van der Waals surface area contributed by atoms with E-state index in [1.807, 2.05) is 18.3 Å². The van der Waals surface area contributed by atoms with E-state index in [2.05, 4.69) is 40.0 Å². The molecule has 1 aliphatic heterocycles. The summed E-state index contributed by atoms with van der Waals surface area (Å²) >= 11 is 0. The Balaban J connectivity index is 1.71. The van der Waals surface area contributed by atoms with Gasteiger partial charge in [-0.05, 0) is 12.1 Å². The highest BCUT2D eigenvalue weighted by Crippen LogP contribution is 2.12. The summed E-state index contributed by atoms with van der Waals surface area (Å²) in [6, 6.07) is 6.44. The van der Waals surface area contributed by atoms with Crippen LogP contribution in [0.5, 0.6) is 0 Å². The van der Waals surface area contributed by atoms with Crippen LogP contribution in [0.25, 0.3) is 0 Å². The molecule has 0 aromatic carbocycles. The van der Waals surface area contributed by atoms with Gasteiger partial charge in [-0.15, -0.1) is 0 Å². The molecule has 0 spiro atoms. The van der Waals surface area contributed by atoms with Gasteiger partial charge < -0.3 is 15.3 Å². The van der Waals surface area contributed by atoms with Gasteiger partial charge in [0.25, 0.3) is 0 Å². The van der Waals surface area contributed by atoms with Crippen molar-refractivity contribution in [1.29, 1.82) is 0 Å². The van der Waals surface area contributed by atoms with E-state index in [0.29, 0.717) is 12.6 Å². The number of nitrogens with one attached hydrogen (secondary N) is 1. The number of aromatic nitrogens is 1. The van der Waals surface area contributed by atoms with E-state index in [1.54, 1.807) is 0 Å². The van der Waals surface area contributed by atoms with E-state index in [9.17, 15) is 5.11 Å². The van der Waals surface area contributed by atoms with Gasteiger partial charge >= 0.3 is 0 Å². The molecule has 112 valence electrons. The number of aliphatic hydroxyl groups excluding tert-OH is 1. The SMILES string of the molecule is CC(C)NCC(O)CN1CCN(c2ccccn2)CC1. The molecule has 0 amide bonds. The van der Waals surface area contributed by atoms with Crippen LogP contribution >= 0.6 is 0 Å². The molecule has 0 radical (unpaired) electrons. The van der Waals surface area contributed by atoms with Gasteiger partial charge in [0.05, 0.1) is 6.10 Å². The van der Waals surface area contributed by atoms with Gasteiger partial charge in [-0.3, -0.25) is 4.90 Å². The van der Waals surface area contributed by atoms with Crippen molar-refractivity contribution in [1.82, 2.24) is 15.2 Å². The maximum absolute atomic E-state index is 10.0. The maximum Gasteiger partial charge on any atom is 0.128 e. The van der Waals surface area contributed by atoms with Crippen molar-refractivity contribution in [3.05, 3.63) is 24.4 Å². The van der Waals surface area contributed by atoms with Gasteiger partial charge in [-0.2, -0.15) is 0 Å². The van der Waals surface area contributed by atoms with Crippen LogP contribution in [0.2, 0.25) is 0 Å². The molecular weight excluding hydrogens is 252 g/mol. The van der Waals surface area contributed by atoms with Crippen molar-refractivity contribution >= 4 is 5.82 Å². The summed E-state index contributed by atoms with van der Waals surface area (Å²) in [6.45, 7) is 9.51. The molecule has 1 fully saturated rings. The van der Waals surface area contributed by atoms with Crippen molar-refractivity contribution in [3.8, 4) is 0 Å². The molecule has 0 aliphatic carbocycles. The van der Waals surface area contributed by atoms with E-state index < -0.39 is 0 Å². The molecule has 1 aliphatic rings. The summed E-state index contributed by atoms with van der Waals surface area (Å²) in [5, 5.41) is 13.3. The van der Waals surface area contributed by atoms with E-state index in [-0.39, 0.29) is 6.10 Å². The van der Waals surface area contributed by atoms with E-state index in [0.717, 1.165) is 38.5 Å². The third kappa shape index (κ3) is 4.74. The highest BCUT2D eigenvalue weighted by molar-refractivity contribution is 5.38. The zero-order chi connectivity index (χ0) is 14.4. The molecule has 20 heavy (non-hydrogen) atoms. The first-order valence-corrected chi connectivity index (χ1v) is 7.45. The number of rotatable bonds is 6. The third-order valence-electron chi connectivity index (χ3n) is 3.58. The quantitative estimate of drug-likeness (QED) is 0.796. The second-order valence-corrected chi connectivity index (χ2v) is 5.69. The average Bonchev–Trinajstić information content (AvgIpc) is 2.47. The zero-order valence-electron chi connectivity index (χ0n) is 12.5. The lowest BCUT2D eigenvalue weighted by Gasteiger charge is -2.36. The summed E-state index contributed by atoms with van der Waals surface area (Å²) < 4.78 is 0. The summed E-state index contributed by atoms with van der Waals surface area (Å²) in [5.74, 6) is 1.05. The molecule has 1 saturated heterocycles. The molecule has 1 aromatic rings. The molecule has 0 bridgehead atoms. The standard InChI is InChI=1S/C15H26N4O/c1-13(2)17-11-14(20)12-18-7-9-19(10-8-18)15-5-3-4-6-16-15/h3-6,13-14,17,20H,7-12H2,1-2H3. The predicted molar refractivity (Wildman–Crippen MR) is 82.0 cm³/mol. The van der Waals surface area contributed by atoms with Gasteiger partial charge in [-0.1, -0.05) is 19.9 Å². The largest absolute Gasteiger partial charge is 0.390 e. The number of hydrogen-bond donors (Lipinski definition) is 2. The first kappa shape index (κ1) is 15.2. The minimum absolute atomic E-state index is 0.293. The zero-order valence-corrected chi connectivity index (χ0v) is 12.5. The summed E-state index contributed by atoms with van der Waals surface area (Å²) in [6.07, 6.45) is 1.54. The lowest BCUT2D eigenvalue weighted by atomic mass is 10.2. The van der Waals surface area contributed by atoms with Gasteiger partial charge in [-0.25, -0.2) is 4.98 Å². The molecule has 2 rings (SSSR count). The molecule has 2 N–H and O–H groups in total. The number of pyridine rings is 1. The minimum Gasteiger partial charge on any atom is -0.390 e. The smallest absolute Gasteiger partial charge is 0.128 e. The van der Waals surface area contributed by atoms with E-state index >= 15 is 0 Å². The van der Waals surface area contributed by atoms with Gasteiger partial charge in [0.2, 0.25) is 0 Å². The number of nitrogens with zero attached hydrogens (tertiary/aromatic N) is 3.